The van der Waals surface area contributed by atoms with Gasteiger partial charge < -0.3 is 53.4 Å². The van der Waals surface area contributed by atoms with Gasteiger partial charge in [0.25, 0.3) is 5.91 Å². The lowest BCUT2D eigenvalue weighted by Crippen LogP contribution is -2.68. The molecule has 2 rings (SSSR count). The van der Waals surface area contributed by atoms with Crippen molar-refractivity contribution in [3.8, 4) is 0 Å². The average molecular weight is 607 g/mol. The van der Waals surface area contributed by atoms with Gasteiger partial charge in [-0.1, -0.05) is 29.8 Å². The highest BCUT2D eigenvalue weighted by atomic mass is 16.4. The van der Waals surface area contributed by atoms with Crippen LogP contribution >= 0.6 is 0 Å². The Morgan fingerprint density at radius 3 is 2.16 bits per heavy atom. The maximum absolute atomic E-state index is 13.5. The second kappa shape index (κ2) is 16.0. The number of amides is 5. The fourth-order valence-corrected chi connectivity index (χ4v) is 4.08. The van der Waals surface area contributed by atoms with E-state index in [1.165, 1.54) is 0 Å². The summed E-state index contributed by atoms with van der Waals surface area (Å²) in [6.45, 7) is -0.982. The SMILES string of the molecule is Cc1ccc(C[C@H]2NC(=O)C(CO)(CO)NC(=O)[C@H](CCCN=C(N)N)NC(=O)CNC(=O)[C@H](CC(=O)O)NC2=O)cc1. The fraction of sp³-hybridized carbons (Fsp3) is 0.500. The number of carbonyl (C=O) groups excluding carboxylic acids is 5. The van der Waals surface area contributed by atoms with Crippen molar-refractivity contribution < 1.29 is 44.1 Å². The van der Waals surface area contributed by atoms with Gasteiger partial charge in [-0.3, -0.25) is 33.8 Å². The van der Waals surface area contributed by atoms with E-state index in [1.807, 2.05) is 6.92 Å². The van der Waals surface area contributed by atoms with Crippen LogP contribution in [0.3, 0.4) is 0 Å². The standard InChI is InChI=1S/C26H38N8O9/c1-14-4-6-15(7-5-14)9-17-22(41)32-18(10-20(38)39)21(40)30-11-19(37)31-16(3-2-8-29-25(27)28)23(42)34-26(12-35,13-36)24(43)33-17/h4-7,16-18,35-36H,2-3,8-13H2,1H3,(H,30,40)(H,31,37)(H,32,41)(H,33,43)(H,34,42)(H,38,39)(H4,27,28,29)/t16-,17+,18-/m0/s1. The highest BCUT2D eigenvalue weighted by Crippen LogP contribution is 2.12. The lowest BCUT2D eigenvalue weighted by atomic mass is 9.97. The number of carbonyl (C=O) groups is 6. The Balaban J connectivity index is 2.51. The summed E-state index contributed by atoms with van der Waals surface area (Å²) in [5, 5.41) is 41.2. The summed E-state index contributed by atoms with van der Waals surface area (Å²) in [7, 11) is 0. The minimum Gasteiger partial charge on any atom is -0.481 e. The van der Waals surface area contributed by atoms with Crippen molar-refractivity contribution in [1.82, 2.24) is 26.6 Å². The normalized spacial score (nSPS) is 21.6. The zero-order chi connectivity index (χ0) is 32.2. The molecule has 3 atom stereocenters. The molecule has 236 valence electrons. The lowest BCUT2D eigenvalue weighted by molar-refractivity contribution is -0.142. The number of nitrogens with two attached hydrogens (primary N) is 2. The van der Waals surface area contributed by atoms with Crippen molar-refractivity contribution in [1.29, 1.82) is 0 Å². The van der Waals surface area contributed by atoms with Crippen molar-refractivity contribution in [2.75, 3.05) is 26.3 Å². The molecule has 1 aliphatic heterocycles. The number of carboxylic acids is 1. The van der Waals surface area contributed by atoms with E-state index >= 15 is 0 Å². The minimum atomic E-state index is -2.35. The zero-order valence-electron chi connectivity index (χ0n) is 23.6. The number of aliphatic carboxylic acids is 1. The minimum absolute atomic E-state index is 0.0609. The number of aliphatic imine (C=N–C) groups is 1. The molecule has 0 bridgehead atoms. The number of benzene rings is 1. The smallest absolute Gasteiger partial charge is 0.305 e. The quantitative estimate of drug-likeness (QED) is 0.0688. The first-order chi connectivity index (χ1) is 20.3. The molecule has 0 aromatic heterocycles. The second-order valence-corrected chi connectivity index (χ2v) is 10.0. The van der Waals surface area contributed by atoms with E-state index in [0.717, 1.165) is 5.56 Å². The van der Waals surface area contributed by atoms with Crippen LogP contribution in [0.1, 0.15) is 30.4 Å². The number of rotatable bonds is 10. The number of nitrogens with one attached hydrogen (secondary N) is 5. The van der Waals surface area contributed by atoms with Crippen LogP contribution in [0.25, 0.3) is 0 Å². The molecule has 5 amide bonds. The largest absolute Gasteiger partial charge is 0.481 e. The molecule has 0 aliphatic carbocycles. The molecule has 1 aliphatic rings. The number of nitrogens with zero attached hydrogens (tertiary/aromatic N) is 1. The first-order valence-corrected chi connectivity index (χ1v) is 13.3. The van der Waals surface area contributed by atoms with E-state index in [-0.39, 0.29) is 31.8 Å². The third-order valence-corrected chi connectivity index (χ3v) is 6.55. The van der Waals surface area contributed by atoms with Gasteiger partial charge >= 0.3 is 5.97 Å². The number of guanidine groups is 1. The summed E-state index contributed by atoms with van der Waals surface area (Å²) in [6.07, 6.45) is -0.880. The Labute approximate surface area is 246 Å². The Morgan fingerprint density at radius 1 is 0.930 bits per heavy atom. The van der Waals surface area contributed by atoms with Crippen LogP contribution in [0.15, 0.2) is 29.3 Å². The van der Waals surface area contributed by atoms with Crippen LogP contribution in [-0.2, 0) is 35.2 Å². The van der Waals surface area contributed by atoms with Crippen LogP contribution in [0.4, 0.5) is 0 Å². The van der Waals surface area contributed by atoms with Crippen molar-refractivity contribution in [3.63, 3.8) is 0 Å². The molecule has 17 nitrogen and oxygen atoms in total. The van der Waals surface area contributed by atoms with Gasteiger partial charge in [0.05, 0.1) is 26.2 Å². The van der Waals surface area contributed by atoms with Gasteiger partial charge in [0.2, 0.25) is 23.6 Å². The molecule has 1 fully saturated rings. The molecule has 1 aromatic rings. The van der Waals surface area contributed by atoms with Gasteiger partial charge in [-0.15, -0.1) is 0 Å². The monoisotopic (exact) mass is 606 g/mol. The Bertz CT molecular complexity index is 1210. The zero-order valence-corrected chi connectivity index (χ0v) is 23.6. The molecule has 17 heteroatoms. The van der Waals surface area contributed by atoms with E-state index in [2.05, 4.69) is 31.6 Å². The molecule has 0 unspecified atom stereocenters. The van der Waals surface area contributed by atoms with Crippen molar-refractivity contribution in [2.24, 2.45) is 16.5 Å². The Kier molecular flexibility index (Phi) is 12.8. The van der Waals surface area contributed by atoms with E-state index in [4.69, 9.17) is 11.5 Å². The van der Waals surface area contributed by atoms with Gasteiger partial charge in [-0.05, 0) is 25.3 Å². The number of hydrogen-bond acceptors (Lipinski definition) is 9. The molecule has 0 spiro atoms. The number of carboxylic acid groups (broad SMARTS) is 1. The first-order valence-electron chi connectivity index (χ1n) is 13.3. The van der Waals surface area contributed by atoms with Gasteiger partial charge in [0.1, 0.15) is 18.1 Å². The predicted molar refractivity (Wildman–Crippen MR) is 151 cm³/mol. The third kappa shape index (κ3) is 10.5. The summed E-state index contributed by atoms with van der Waals surface area (Å²) in [6, 6.07) is 2.44. The summed E-state index contributed by atoms with van der Waals surface area (Å²) in [5.74, 6) is -6.60. The molecule has 0 radical (unpaired) electrons. The van der Waals surface area contributed by atoms with Crippen molar-refractivity contribution in [3.05, 3.63) is 35.4 Å². The lowest BCUT2D eigenvalue weighted by Gasteiger charge is -2.33. The summed E-state index contributed by atoms with van der Waals surface area (Å²) in [5.41, 5.74) is 9.75. The van der Waals surface area contributed by atoms with E-state index in [0.29, 0.717) is 5.56 Å². The van der Waals surface area contributed by atoms with Gasteiger partial charge in [-0.2, -0.15) is 0 Å². The number of aliphatic hydroxyl groups is 2. The highest BCUT2D eigenvalue weighted by Gasteiger charge is 2.43. The molecular weight excluding hydrogens is 568 g/mol. The molecule has 1 heterocycles. The van der Waals surface area contributed by atoms with E-state index in [1.54, 1.807) is 24.3 Å². The second-order valence-electron chi connectivity index (χ2n) is 10.0. The molecular formula is C26H38N8O9. The van der Waals surface area contributed by atoms with Gasteiger partial charge in [-0.25, -0.2) is 0 Å². The molecule has 12 N–H and O–H groups in total. The maximum atomic E-state index is 13.5. The Hall–Kier alpha value is -4.77. The summed E-state index contributed by atoms with van der Waals surface area (Å²) in [4.78, 5) is 80.8. The van der Waals surface area contributed by atoms with Crippen LogP contribution < -0.4 is 38.1 Å². The van der Waals surface area contributed by atoms with Crippen molar-refractivity contribution in [2.45, 2.75) is 56.3 Å². The topological polar surface area (TPSA) is 288 Å². The summed E-state index contributed by atoms with van der Waals surface area (Å²) < 4.78 is 0. The molecule has 1 aromatic carbocycles. The van der Waals surface area contributed by atoms with E-state index in [9.17, 15) is 44.1 Å². The fourth-order valence-electron chi connectivity index (χ4n) is 4.08. The average Bonchev–Trinajstić information content (AvgIpc) is 2.95. The number of aliphatic hydroxyl groups excluding tert-OH is 2. The molecule has 0 saturated carbocycles. The maximum Gasteiger partial charge on any atom is 0.305 e. The van der Waals surface area contributed by atoms with Gasteiger partial charge in [0, 0.05) is 13.0 Å². The number of hydrogen-bond donors (Lipinski definition) is 10. The van der Waals surface area contributed by atoms with Crippen LogP contribution in [0.5, 0.6) is 0 Å². The third-order valence-electron chi connectivity index (χ3n) is 6.55. The van der Waals surface area contributed by atoms with Gasteiger partial charge in [0.15, 0.2) is 11.5 Å². The van der Waals surface area contributed by atoms with Crippen LogP contribution in [-0.4, -0.2) is 107 Å². The number of aryl methyl sites for hydroxylation is 1. The molecule has 1 saturated heterocycles. The summed E-state index contributed by atoms with van der Waals surface area (Å²) >= 11 is 0. The predicted octanol–water partition coefficient (Wildman–Crippen LogP) is -4.51. The van der Waals surface area contributed by atoms with Crippen LogP contribution in [0.2, 0.25) is 0 Å². The first kappa shape index (κ1) is 34.4. The Morgan fingerprint density at radius 2 is 1.58 bits per heavy atom. The van der Waals surface area contributed by atoms with Crippen molar-refractivity contribution >= 4 is 41.5 Å². The highest BCUT2D eigenvalue weighted by molar-refractivity contribution is 5.99. The van der Waals surface area contributed by atoms with E-state index < -0.39 is 85.3 Å². The molecule has 43 heavy (non-hydrogen) atoms. The van der Waals surface area contributed by atoms with Crippen LogP contribution in [0, 0.1) is 6.92 Å².